The number of nitrogens with one attached hydrogen (secondary N) is 2. The summed E-state index contributed by atoms with van der Waals surface area (Å²) in [5, 5.41) is 5.22. The molecule has 0 spiro atoms. The van der Waals surface area contributed by atoms with E-state index in [0.29, 0.717) is 6.54 Å². The van der Waals surface area contributed by atoms with E-state index < -0.39 is 81.8 Å². The number of likely N-dealkylation sites (N-methyl/N-ethyl adjacent to an activating group) is 1. The minimum absolute atomic E-state index is 0.170. The first kappa shape index (κ1) is 39.7. The maximum absolute atomic E-state index is 15.9. The van der Waals surface area contributed by atoms with Gasteiger partial charge < -0.3 is 30.6 Å². The summed E-state index contributed by atoms with van der Waals surface area (Å²) >= 11 is 0. The maximum atomic E-state index is 15.9. The highest BCUT2D eigenvalue weighted by atomic mass is 19.4. The van der Waals surface area contributed by atoms with Crippen molar-refractivity contribution >= 4 is 22.5 Å². The Morgan fingerprint density at radius 3 is 2.39 bits per heavy atom. The molecule has 0 aromatic carbocycles. The largest absolute Gasteiger partial charge is 0.467 e. The molecule has 4 N–H and O–H groups in total. The smallest absolute Gasteiger partial charge is 0.425 e. The van der Waals surface area contributed by atoms with Crippen LogP contribution in [0, 0.1) is 12.7 Å². The summed E-state index contributed by atoms with van der Waals surface area (Å²) in [5.74, 6) is -2.82. The molecule has 18 heteroatoms. The molecule has 2 aliphatic heterocycles. The fourth-order valence-corrected chi connectivity index (χ4v) is 5.45. The SMILES string of the molecule is C1CC2COCCN2C1.CC.CCC(Oc1nc(-c2cc(N)nc(C)c2C(F)(F)F)c(F)c2nc(OC)nc(NCCNC)c12)C(F)(F)F. The van der Waals surface area contributed by atoms with Crippen LogP contribution in [0.5, 0.6) is 11.9 Å². The molecule has 2 atom stereocenters. The Hall–Kier alpha value is -3.77. The van der Waals surface area contributed by atoms with Crippen molar-refractivity contribution in [3.05, 3.63) is 23.1 Å². The summed E-state index contributed by atoms with van der Waals surface area (Å²) in [6, 6.07) is 1.09. The van der Waals surface area contributed by atoms with Crippen LogP contribution in [0.2, 0.25) is 0 Å². The molecule has 49 heavy (non-hydrogen) atoms. The van der Waals surface area contributed by atoms with E-state index >= 15 is 4.39 Å². The molecule has 0 aliphatic carbocycles. The van der Waals surface area contributed by atoms with Gasteiger partial charge in [0.2, 0.25) is 5.88 Å². The number of ether oxygens (including phenoxy) is 3. The normalized spacial score (nSPS) is 17.0. The van der Waals surface area contributed by atoms with Crippen LogP contribution in [0.1, 0.15) is 51.3 Å². The van der Waals surface area contributed by atoms with E-state index in [9.17, 15) is 26.3 Å². The number of alkyl halides is 6. The number of nitrogens with zero attached hydrogens (tertiary/aromatic N) is 5. The molecule has 3 aromatic heterocycles. The molecule has 3 aromatic rings. The number of halogens is 7. The zero-order valence-electron chi connectivity index (χ0n) is 28.3. The van der Waals surface area contributed by atoms with E-state index in [0.717, 1.165) is 39.4 Å². The first-order valence-corrected chi connectivity index (χ1v) is 15.9. The van der Waals surface area contributed by atoms with Crippen molar-refractivity contribution in [1.82, 2.24) is 30.2 Å². The number of aryl methyl sites for hydroxylation is 1. The van der Waals surface area contributed by atoms with Crippen molar-refractivity contribution < 1.29 is 44.9 Å². The van der Waals surface area contributed by atoms with Crippen molar-refractivity contribution in [3.63, 3.8) is 0 Å². The van der Waals surface area contributed by atoms with Crippen LogP contribution in [-0.2, 0) is 10.9 Å². The lowest BCUT2D eigenvalue weighted by Gasteiger charge is -2.28. The van der Waals surface area contributed by atoms with Gasteiger partial charge in [-0.25, -0.2) is 14.4 Å². The summed E-state index contributed by atoms with van der Waals surface area (Å²) in [4.78, 5) is 17.8. The third-order valence-electron chi connectivity index (χ3n) is 7.66. The summed E-state index contributed by atoms with van der Waals surface area (Å²) in [6.45, 7) is 11.1. The van der Waals surface area contributed by atoms with Gasteiger partial charge in [0, 0.05) is 31.2 Å². The number of hydrogen-bond donors (Lipinski definition) is 3. The van der Waals surface area contributed by atoms with Gasteiger partial charge in [-0.2, -0.15) is 36.3 Å². The lowest BCUT2D eigenvalue weighted by Crippen LogP contribution is -2.40. The number of hydrogen-bond acceptors (Lipinski definition) is 11. The Bertz CT molecular complexity index is 1530. The quantitative estimate of drug-likeness (QED) is 0.179. The average Bonchev–Trinajstić information content (AvgIpc) is 3.53. The first-order chi connectivity index (χ1) is 23.2. The van der Waals surface area contributed by atoms with Gasteiger partial charge in [0.1, 0.15) is 28.2 Å². The highest BCUT2D eigenvalue weighted by Crippen LogP contribution is 2.43. The molecule has 0 amide bonds. The Balaban J connectivity index is 0.000000498. The molecule has 2 saturated heterocycles. The van der Waals surface area contributed by atoms with Gasteiger partial charge in [-0.1, -0.05) is 20.8 Å². The number of aromatic nitrogens is 4. The van der Waals surface area contributed by atoms with E-state index in [-0.39, 0.29) is 12.4 Å². The van der Waals surface area contributed by atoms with Crippen molar-refractivity contribution in [1.29, 1.82) is 0 Å². The summed E-state index contributed by atoms with van der Waals surface area (Å²) in [7, 11) is 2.79. The fraction of sp³-hybridized carbons (Fsp3) is 0.613. The standard InChI is InChI=1S/C22H24F7N7O2.C7H13NO.C2H6/c1-5-11(21(24,25)26)38-19-13-17(35-20(37-4)36-18(13)32-7-6-31-3)15(23)16(34-19)10-8-12(30)33-9(2)14(10)22(27,28)29;1-2-7-6-9-5-4-8(7)3-1;1-2/h8,11,31H,5-7H2,1-4H3,(H2,30,33)(H,32,35,36);7H,1-6H2;1-2H3. The second-order valence-corrected chi connectivity index (χ2v) is 10.9. The molecule has 5 rings (SSSR count). The predicted octanol–water partition coefficient (Wildman–Crippen LogP) is 6.00. The number of pyridine rings is 2. The number of anilines is 2. The van der Waals surface area contributed by atoms with E-state index in [4.69, 9.17) is 19.9 Å². The minimum atomic E-state index is -5.04. The van der Waals surface area contributed by atoms with Crippen molar-refractivity contribution in [2.45, 2.75) is 71.5 Å². The zero-order chi connectivity index (χ0) is 36.5. The molecule has 2 unspecified atom stereocenters. The van der Waals surface area contributed by atoms with E-state index in [2.05, 4.69) is 35.5 Å². The Labute approximate surface area is 280 Å². The molecule has 2 fully saturated rings. The van der Waals surface area contributed by atoms with Crippen molar-refractivity contribution in [3.8, 4) is 23.1 Å². The number of nitrogens with two attached hydrogens (primary N) is 1. The average molecular weight is 709 g/mol. The lowest BCUT2D eigenvalue weighted by atomic mass is 10.0. The molecule has 5 heterocycles. The van der Waals surface area contributed by atoms with Crippen LogP contribution in [0.3, 0.4) is 0 Å². The Morgan fingerprint density at radius 1 is 1.08 bits per heavy atom. The van der Waals surface area contributed by atoms with Gasteiger partial charge in [-0.3, -0.25) is 4.90 Å². The monoisotopic (exact) mass is 708 g/mol. The number of nitrogen functional groups attached to an aromatic ring is 1. The fourth-order valence-electron chi connectivity index (χ4n) is 5.45. The van der Waals surface area contributed by atoms with Crippen LogP contribution < -0.4 is 25.8 Å². The van der Waals surface area contributed by atoms with E-state index in [1.54, 1.807) is 7.05 Å². The second kappa shape index (κ2) is 17.2. The molecule has 11 nitrogen and oxygen atoms in total. The highest BCUT2D eigenvalue weighted by molar-refractivity contribution is 5.96. The molecular formula is C31H43F7N8O3. The number of morpholine rings is 1. The van der Waals surface area contributed by atoms with Gasteiger partial charge in [0.05, 0.1) is 31.6 Å². The molecule has 0 bridgehead atoms. The van der Waals surface area contributed by atoms with Crippen LogP contribution in [0.4, 0.5) is 42.4 Å². The number of fused-ring (bicyclic) bond motifs is 2. The van der Waals surface area contributed by atoms with E-state index in [1.165, 1.54) is 32.9 Å². The van der Waals surface area contributed by atoms with E-state index in [1.807, 2.05) is 13.8 Å². The van der Waals surface area contributed by atoms with Gasteiger partial charge in [-0.15, -0.1) is 0 Å². The number of rotatable bonds is 9. The van der Waals surface area contributed by atoms with Crippen molar-refractivity contribution in [2.75, 3.05) is 64.6 Å². The first-order valence-electron chi connectivity index (χ1n) is 15.9. The van der Waals surface area contributed by atoms with Gasteiger partial charge in [0.25, 0.3) is 0 Å². The molecular weight excluding hydrogens is 665 g/mol. The van der Waals surface area contributed by atoms with Gasteiger partial charge in [-0.05, 0) is 45.8 Å². The topological polar surface area (TPSA) is 133 Å². The summed E-state index contributed by atoms with van der Waals surface area (Å²) in [6.07, 6.45) is -10.2. The lowest BCUT2D eigenvalue weighted by molar-refractivity contribution is -0.196. The molecule has 0 radical (unpaired) electrons. The Morgan fingerprint density at radius 2 is 1.80 bits per heavy atom. The molecule has 2 aliphatic rings. The maximum Gasteiger partial charge on any atom is 0.425 e. The predicted molar refractivity (Wildman–Crippen MR) is 171 cm³/mol. The number of methoxy groups -OCH3 is 1. The third-order valence-corrected chi connectivity index (χ3v) is 7.66. The third kappa shape index (κ3) is 9.69. The summed E-state index contributed by atoms with van der Waals surface area (Å²) in [5.41, 5.74) is 1.15. The van der Waals surface area contributed by atoms with Crippen LogP contribution in [0.25, 0.3) is 22.2 Å². The summed E-state index contributed by atoms with van der Waals surface area (Å²) < 4.78 is 114. The van der Waals surface area contributed by atoms with Gasteiger partial charge >= 0.3 is 18.4 Å². The van der Waals surface area contributed by atoms with Crippen molar-refractivity contribution in [2.24, 2.45) is 0 Å². The highest BCUT2D eigenvalue weighted by Gasteiger charge is 2.42. The molecule has 274 valence electrons. The second-order valence-electron chi connectivity index (χ2n) is 10.9. The van der Waals surface area contributed by atoms with Crippen LogP contribution in [0.15, 0.2) is 6.07 Å². The minimum Gasteiger partial charge on any atom is -0.467 e. The zero-order valence-corrected chi connectivity index (χ0v) is 28.3. The Kier molecular flexibility index (Phi) is 14.0. The van der Waals surface area contributed by atoms with Gasteiger partial charge in [0.15, 0.2) is 11.9 Å². The van der Waals surface area contributed by atoms with Crippen LogP contribution >= 0.6 is 0 Å². The van der Waals surface area contributed by atoms with Crippen LogP contribution in [-0.4, -0.2) is 96.7 Å². The molecule has 0 saturated carbocycles.